The van der Waals surface area contributed by atoms with Gasteiger partial charge in [0.1, 0.15) is 5.69 Å². The maximum Gasteiger partial charge on any atom is 0.332 e. The molecule has 21 heavy (non-hydrogen) atoms. The number of nitro groups is 1. The molecule has 1 rings (SSSR count). The minimum atomic E-state index is -0.509. The van der Waals surface area contributed by atoms with Crippen LogP contribution in [0.25, 0.3) is 0 Å². The van der Waals surface area contributed by atoms with Crippen LogP contribution in [0.5, 0.6) is 0 Å². The summed E-state index contributed by atoms with van der Waals surface area (Å²) in [6.45, 7) is 3.61. The summed E-state index contributed by atoms with van der Waals surface area (Å²) in [5, 5.41) is 16.5. The van der Waals surface area contributed by atoms with E-state index in [0.29, 0.717) is 12.5 Å². The molecule has 9 heteroatoms. The first-order valence-corrected chi connectivity index (χ1v) is 6.45. The molecule has 1 unspecified atom stereocenters. The van der Waals surface area contributed by atoms with Crippen LogP contribution in [0.2, 0.25) is 0 Å². The highest BCUT2D eigenvalue weighted by molar-refractivity contribution is 5.78. The van der Waals surface area contributed by atoms with Crippen LogP contribution in [0.15, 0.2) is 0 Å². The van der Waals surface area contributed by atoms with Gasteiger partial charge in [0.15, 0.2) is 0 Å². The Morgan fingerprint density at radius 3 is 2.52 bits per heavy atom. The molecule has 1 amide bonds. The van der Waals surface area contributed by atoms with E-state index in [1.54, 1.807) is 39.9 Å². The normalized spacial score (nSPS) is 11.7. The third kappa shape index (κ3) is 3.77. The number of nitrogens with one attached hydrogen (secondary N) is 2. The van der Waals surface area contributed by atoms with Gasteiger partial charge in [0.05, 0.1) is 10.8 Å². The predicted molar refractivity (Wildman–Crippen MR) is 79.5 cm³/mol. The Hall–Kier alpha value is -2.45. The minimum absolute atomic E-state index is 0.135. The predicted octanol–water partition coefficient (Wildman–Crippen LogP) is 0.553. The Morgan fingerprint density at radius 1 is 1.43 bits per heavy atom. The van der Waals surface area contributed by atoms with Gasteiger partial charge in [0.25, 0.3) is 0 Å². The lowest BCUT2D eigenvalue weighted by Crippen LogP contribution is -2.35. The van der Waals surface area contributed by atoms with Crippen molar-refractivity contribution in [3.63, 3.8) is 0 Å². The molecule has 1 heterocycles. The molecule has 0 saturated heterocycles. The summed E-state index contributed by atoms with van der Waals surface area (Å²) in [6, 6.07) is 0. The van der Waals surface area contributed by atoms with E-state index in [-0.39, 0.29) is 29.0 Å². The number of anilines is 2. The van der Waals surface area contributed by atoms with Crippen molar-refractivity contribution in [1.82, 2.24) is 15.3 Å². The van der Waals surface area contributed by atoms with Gasteiger partial charge in [-0.2, -0.15) is 4.98 Å². The monoisotopic (exact) mass is 296 g/mol. The smallest absolute Gasteiger partial charge is 0.332 e. The van der Waals surface area contributed by atoms with Crippen molar-refractivity contribution < 1.29 is 9.72 Å². The fraction of sp³-hybridized carbons (Fsp3) is 0.583. The lowest BCUT2D eigenvalue weighted by molar-refractivity contribution is -0.385. The fourth-order valence-corrected chi connectivity index (χ4v) is 1.97. The molecule has 2 N–H and O–H groups in total. The molecule has 116 valence electrons. The highest BCUT2D eigenvalue weighted by Gasteiger charge is 2.26. The van der Waals surface area contributed by atoms with Crippen molar-refractivity contribution in [3.8, 4) is 0 Å². The minimum Gasteiger partial charge on any atom is -0.359 e. The largest absolute Gasteiger partial charge is 0.359 e. The molecule has 0 radical (unpaired) electrons. The van der Waals surface area contributed by atoms with Crippen LogP contribution in [0, 0.1) is 23.0 Å². The number of aryl methyl sites for hydroxylation is 1. The molecule has 0 aliphatic rings. The number of nitrogens with zero attached hydrogens (tertiary/aromatic N) is 4. The molecular weight excluding hydrogens is 276 g/mol. The number of carbonyl (C=O) groups excluding carboxylic acids is 1. The zero-order valence-electron chi connectivity index (χ0n) is 12.8. The molecule has 0 bridgehead atoms. The Morgan fingerprint density at radius 2 is 2.05 bits per heavy atom. The number of amides is 1. The fourth-order valence-electron chi connectivity index (χ4n) is 1.97. The summed E-state index contributed by atoms with van der Waals surface area (Å²) in [4.78, 5) is 32.0. The summed E-state index contributed by atoms with van der Waals surface area (Å²) < 4.78 is 0. The molecule has 1 atom stereocenters. The van der Waals surface area contributed by atoms with Crippen molar-refractivity contribution in [1.29, 1.82) is 0 Å². The number of carbonyl (C=O) groups is 1. The second-order valence-electron chi connectivity index (χ2n) is 4.71. The number of hydrogen-bond acceptors (Lipinski definition) is 7. The van der Waals surface area contributed by atoms with Crippen molar-refractivity contribution in [3.05, 3.63) is 15.8 Å². The summed E-state index contributed by atoms with van der Waals surface area (Å²) in [5.41, 5.74) is 0.120. The highest BCUT2D eigenvalue weighted by atomic mass is 16.6. The van der Waals surface area contributed by atoms with Crippen LogP contribution in [0.4, 0.5) is 17.5 Å². The number of hydrogen-bond donors (Lipinski definition) is 2. The van der Waals surface area contributed by atoms with Gasteiger partial charge in [-0.3, -0.25) is 14.9 Å². The first-order valence-electron chi connectivity index (χ1n) is 6.45. The first kappa shape index (κ1) is 16.6. The van der Waals surface area contributed by atoms with Gasteiger partial charge >= 0.3 is 5.69 Å². The third-order valence-corrected chi connectivity index (χ3v) is 3.05. The van der Waals surface area contributed by atoms with E-state index in [1.807, 2.05) is 0 Å². The molecule has 9 nitrogen and oxygen atoms in total. The topological polar surface area (TPSA) is 113 Å². The average molecular weight is 296 g/mol. The molecule has 0 aromatic carbocycles. The van der Waals surface area contributed by atoms with E-state index in [0.717, 1.165) is 0 Å². The van der Waals surface area contributed by atoms with Gasteiger partial charge in [-0.05, 0) is 6.92 Å². The van der Waals surface area contributed by atoms with Crippen LogP contribution < -0.4 is 15.5 Å². The van der Waals surface area contributed by atoms with E-state index in [1.165, 1.54) is 0 Å². The molecular formula is C12H20N6O3. The molecule has 0 aliphatic carbocycles. The summed E-state index contributed by atoms with van der Waals surface area (Å²) in [6.07, 6.45) is 0. The van der Waals surface area contributed by atoms with E-state index in [9.17, 15) is 14.9 Å². The number of aromatic nitrogens is 2. The van der Waals surface area contributed by atoms with Gasteiger partial charge in [0, 0.05) is 27.7 Å². The van der Waals surface area contributed by atoms with E-state index in [2.05, 4.69) is 20.6 Å². The molecule has 0 saturated carbocycles. The van der Waals surface area contributed by atoms with Crippen LogP contribution >= 0.6 is 0 Å². The first-order chi connectivity index (χ1) is 9.81. The van der Waals surface area contributed by atoms with Crippen LogP contribution in [-0.4, -0.2) is 48.5 Å². The Bertz CT molecular complexity index is 548. The lowest BCUT2D eigenvalue weighted by atomic mass is 10.1. The van der Waals surface area contributed by atoms with Gasteiger partial charge in [-0.15, -0.1) is 0 Å². The Balaban J connectivity index is 3.17. The van der Waals surface area contributed by atoms with Crippen molar-refractivity contribution in [2.24, 2.45) is 5.92 Å². The van der Waals surface area contributed by atoms with E-state index >= 15 is 0 Å². The lowest BCUT2D eigenvalue weighted by Gasteiger charge is -2.22. The van der Waals surface area contributed by atoms with Gasteiger partial charge in [-0.25, -0.2) is 4.98 Å². The zero-order valence-corrected chi connectivity index (χ0v) is 12.8. The van der Waals surface area contributed by atoms with Crippen molar-refractivity contribution >= 4 is 23.4 Å². The van der Waals surface area contributed by atoms with E-state index < -0.39 is 4.92 Å². The second kappa shape index (κ2) is 6.82. The van der Waals surface area contributed by atoms with Crippen LogP contribution in [0.3, 0.4) is 0 Å². The maximum absolute atomic E-state index is 11.6. The average Bonchev–Trinajstić information content (AvgIpc) is 2.44. The Labute approximate surface area is 122 Å². The van der Waals surface area contributed by atoms with E-state index in [4.69, 9.17) is 0 Å². The van der Waals surface area contributed by atoms with Crippen molar-refractivity contribution in [2.45, 2.75) is 13.8 Å². The molecule has 1 aromatic rings. The quantitative estimate of drug-likeness (QED) is 0.582. The van der Waals surface area contributed by atoms with Crippen LogP contribution in [0.1, 0.15) is 12.6 Å². The van der Waals surface area contributed by atoms with Crippen molar-refractivity contribution in [2.75, 3.05) is 37.9 Å². The van der Waals surface area contributed by atoms with Crippen LogP contribution in [-0.2, 0) is 4.79 Å². The standard InChI is InChI=1S/C12H20N6O3/c1-7(11(19)13-3)6-17(5)10-9(18(20)21)8(2)15-12(14-4)16-10/h7H,6H2,1-5H3,(H,13,19)(H,14,15,16). The zero-order chi connectivity index (χ0) is 16.2. The second-order valence-corrected chi connectivity index (χ2v) is 4.71. The Kier molecular flexibility index (Phi) is 5.39. The SMILES string of the molecule is CNC(=O)C(C)CN(C)c1nc(NC)nc(C)c1[N+](=O)[O-]. The summed E-state index contributed by atoms with van der Waals surface area (Å²) >= 11 is 0. The van der Waals surface area contributed by atoms with Gasteiger partial charge in [0.2, 0.25) is 17.7 Å². The summed E-state index contributed by atoms with van der Waals surface area (Å²) in [7, 11) is 4.85. The van der Waals surface area contributed by atoms with Gasteiger partial charge < -0.3 is 15.5 Å². The highest BCUT2D eigenvalue weighted by Crippen LogP contribution is 2.29. The molecule has 1 aromatic heterocycles. The molecule has 0 aliphatic heterocycles. The third-order valence-electron chi connectivity index (χ3n) is 3.05. The molecule has 0 spiro atoms. The molecule has 0 fully saturated rings. The number of rotatable bonds is 6. The van der Waals surface area contributed by atoms with Gasteiger partial charge in [-0.1, -0.05) is 6.92 Å². The summed E-state index contributed by atoms with van der Waals surface area (Å²) in [5.74, 6) is 0.0252. The maximum atomic E-state index is 11.6.